The minimum Gasteiger partial charge on any atom is -0.290 e. The van der Waals surface area contributed by atoms with E-state index < -0.39 is 0 Å². The summed E-state index contributed by atoms with van der Waals surface area (Å²) >= 11 is 6.08. The third kappa shape index (κ3) is 4.19. The average Bonchev–Trinajstić information content (AvgIpc) is 2.64. The second-order valence-electron chi connectivity index (χ2n) is 6.10. The van der Waals surface area contributed by atoms with Crippen molar-refractivity contribution >= 4 is 11.6 Å². The quantitative estimate of drug-likeness (QED) is 0.775. The molecule has 2 aromatic carbocycles. The van der Waals surface area contributed by atoms with Gasteiger partial charge in [-0.15, -0.1) is 5.92 Å². The molecule has 1 heterocycles. The first kappa shape index (κ1) is 17.0. The van der Waals surface area contributed by atoms with E-state index in [2.05, 4.69) is 64.1 Å². The Morgan fingerprint density at radius 3 is 2.17 bits per heavy atom. The van der Waals surface area contributed by atoms with Crippen LogP contribution in [0.15, 0.2) is 54.6 Å². The Labute approximate surface area is 150 Å². The Balaban J connectivity index is 1.81. The van der Waals surface area contributed by atoms with Crippen molar-refractivity contribution in [2.45, 2.75) is 13.0 Å². The summed E-state index contributed by atoms with van der Waals surface area (Å²) < 4.78 is 0. The zero-order valence-electron chi connectivity index (χ0n) is 14.1. The first-order valence-electron chi connectivity index (χ1n) is 8.44. The van der Waals surface area contributed by atoms with Crippen molar-refractivity contribution in [3.8, 4) is 11.8 Å². The summed E-state index contributed by atoms with van der Waals surface area (Å²) in [6, 6.07) is 19.3. The zero-order valence-corrected chi connectivity index (χ0v) is 14.8. The van der Waals surface area contributed by atoms with Crippen molar-refractivity contribution in [2.75, 3.05) is 32.7 Å². The summed E-state index contributed by atoms with van der Waals surface area (Å²) in [5.74, 6) is 6.16. The Hall–Kier alpha value is -1.79. The fourth-order valence-corrected chi connectivity index (χ4v) is 3.39. The van der Waals surface area contributed by atoms with E-state index in [0.717, 1.165) is 37.7 Å². The van der Waals surface area contributed by atoms with Crippen LogP contribution in [0.1, 0.15) is 24.1 Å². The van der Waals surface area contributed by atoms with Crippen molar-refractivity contribution in [3.05, 3.63) is 70.7 Å². The molecule has 124 valence electrons. The van der Waals surface area contributed by atoms with Gasteiger partial charge in [-0.3, -0.25) is 9.80 Å². The smallest absolute Gasteiger partial charge is 0.0602 e. The molecule has 2 nitrogen and oxygen atoms in total. The SMILES string of the molecule is CC#CCN1CCN(C(c2ccccc2)c2ccc(Cl)cc2)CC1. The number of hydrogen-bond donors (Lipinski definition) is 0. The fraction of sp³-hybridized carbons (Fsp3) is 0.333. The molecule has 0 radical (unpaired) electrons. The second-order valence-corrected chi connectivity index (χ2v) is 6.54. The number of hydrogen-bond acceptors (Lipinski definition) is 2. The van der Waals surface area contributed by atoms with Gasteiger partial charge in [0.05, 0.1) is 12.6 Å². The monoisotopic (exact) mass is 338 g/mol. The highest BCUT2D eigenvalue weighted by Crippen LogP contribution is 2.30. The molecule has 0 bridgehead atoms. The molecule has 3 rings (SSSR count). The fourth-order valence-electron chi connectivity index (χ4n) is 3.27. The molecule has 0 N–H and O–H groups in total. The van der Waals surface area contributed by atoms with Gasteiger partial charge in [0.25, 0.3) is 0 Å². The van der Waals surface area contributed by atoms with Crippen molar-refractivity contribution in [2.24, 2.45) is 0 Å². The van der Waals surface area contributed by atoms with Crippen LogP contribution in [0, 0.1) is 11.8 Å². The van der Waals surface area contributed by atoms with Gasteiger partial charge in [-0.05, 0) is 30.2 Å². The van der Waals surface area contributed by atoms with Crippen LogP contribution < -0.4 is 0 Å². The summed E-state index contributed by atoms with van der Waals surface area (Å²) in [6.07, 6.45) is 0. The van der Waals surface area contributed by atoms with E-state index in [1.54, 1.807) is 0 Å². The first-order chi connectivity index (χ1) is 11.8. The van der Waals surface area contributed by atoms with Gasteiger partial charge in [-0.2, -0.15) is 0 Å². The molecule has 0 aromatic heterocycles. The Morgan fingerprint density at radius 1 is 0.917 bits per heavy atom. The molecule has 1 unspecified atom stereocenters. The molecule has 1 fully saturated rings. The third-order valence-electron chi connectivity index (χ3n) is 4.55. The molecule has 3 heteroatoms. The van der Waals surface area contributed by atoms with Crippen molar-refractivity contribution in [3.63, 3.8) is 0 Å². The van der Waals surface area contributed by atoms with Crippen molar-refractivity contribution in [1.82, 2.24) is 9.80 Å². The predicted octanol–water partition coefficient (Wildman–Crippen LogP) is 4.07. The lowest BCUT2D eigenvalue weighted by molar-refractivity contribution is 0.119. The highest BCUT2D eigenvalue weighted by molar-refractivity contribution is 6.30. The molecule has 2 aromatic rings. The van der Waals surface area contributed by atoms with Gasteiger partial charge in [0.1, 0.15) is 0 Å². The van der Waals surface area contributed by atoms with Crippen LogP contribution in [0.4, 0.5) is 0 Å². The van der Waals surface area contributed by atoms with Gasteiger partial charge in [-0.25, -0.2) is 0 Å². The number of rotatable bonds is 4. The molecule has 1 aliphatic rings. The van der Waals surface area contributed by atoms with Crippen LogP contribution in [0.3, 0.4) is 0 Å². The lowest BCUT2D eigenvalue weighted by Gasteiger charge is -2.39. The number of nitrogens with zero attached hydrogens (tertiary/aromatic N) is 2. The first-order valence-corrected chi connectivity index (χ1v) is 8.82. The van der Waals surface area contributed by atoms with Crippen molar-refractivity contribution < 1.29 is 0 Å². The van der Waals surface area contributed by atoms with Gasteiger partial charge in [0.15, 0.2) is 0 Å². The zero-order chi connectivity index (χ0) is 16.8. The van der Waals surface area contributed by atoms with Gasteiger partial charge in [0, 0.05) is 31.2 Å². The molecule has 1 aliphatic heterocycles. The maximum atomic E-state index is 6.08. The van der Waals surface area contributed by atoms with E-state index in [1.165, 1.54) is 11.1 Å². The van der Waals surface area contributed by atoms with E-state index in [4.69, 9.17) is 11.6 Å². The molecular weight excluding hydrogens is 316 g/mol. The lowest BCUT2D eigenvalue weighted by atomic mass is 9.96. The number of benzene rings is 2. The van der Waals surface area contributed by atoms with Crippen LogP contribution in [-0.2, 0) is 0 Å². The number of halogens is 1. The lowest BCUT2D eigenvalue weighted by Crippen LogP contribution is -2.47. The van der Waals surface area contributed by atoms with E-state index in [9.17, 15) is 0 Å². The van der Waals surface area contributed by atoms with Crippen molar-refractivity contribution in [1.29, 1.82) is 0 Å². The normalized spacial score (nSPS) is 17.1. The summed E-state index contributed by atoms with van der Waals surface area (Å²) in [4.78, 5) is 4.99. The van der Waals surface area contributed by atoms with Gasteiger partial charge in [0.2, 0.25) is 0 Å². The molecule has 1 atom stereocenters. The summed E-state index contributed by atoms with van der Waals surface area (Å²) in [6.45, 7) is 7.00. The molecule has 0 amide bonds. The molecule has 0 saturated carbocycles. The topological polar surface area (TPSA) is 6.48 Å². The Morgan fingerprint density at radius 2 is 1.54 bits per heavy atom. The summed E-state index contributed by atoms with van der Waals surface area (Å²) in [7, 11) is 0. The van der Waals surface area contributed by atoms with E-state index in [-0.39, 0.29) is 6.04 Å². The highest BCUT2D eigenvalue weighted by atomic mass is 35.5. The summed E-state index contributed by atoms with van der Waals surface area (Å²) in [5.41, 5.74) is 2.63. The standard InChI is InChI=1S/C21H23ClN2/c1-2-3-13-23-14-16-24(17-15-23)21(18-7-5-4-6-8-18)19-9-11-20(22)12-10-19/h4-12,21H,13-17H2,1H3. The second kappa shape index (κ2) is 8.35. The third-order valence-corrected chi connectivity index (χ3v) is 4.80. The number of piperazine rings is 1. The van der Waals surface area contributed by atoms with Gasteiger partial charge >= 0.3 is 0 Å². The van der Waals surface area contributed by atoms with Crippen LogP contribution in [-0.4, -0.2) is 42.5 Å². The molecule has 1 saturated heterocycles. The predicted molar refractivity (Wildman–Crippen MR) is 101 cm³/mol. The maximum Gasteiger partial charge on any atom is 0.0602 e. The largest absolute Gasteiger partial charge is 0.290 e. The van der Waals surface area contributed by atoms with E-state index in [0.29, 0.717) is 0 Å². The Kier molecular flexibility index (Phi) is 5.93. The van der Waals surface area contributed by atoms with Gasteiger partial charge < -0.3 is 0 Å². The van der Waals surface area contributed by atoms with Crippen LogP contribution in [0.5, 0.6) is 0 Å². The minimum atomic E-state index is 0.280. The molecule has 24 heavy (non-hydrogen) atoms. The van der Waals surface area contributed by atoms with Crippen LogP contribution in [0.25, 0.3) is 0 Å². The van der Waals surface area contributed by atoms with Crippen LogP contribution >= 0.6 is 11.6 Å². The highest BCUT2D eigenvalue weighted by Gasteiger charge is 2.25. The molecule has 0 spiro atoms. The Bertz CT molecular complexity index is 692. The van der Waals surface area contributed by atoms with Gasteiger partial charge in [-0.1, -0.05) is 60.0 Å². The average molecular weight is 339 g/mol. The molecular formula is C21H23ClN2. The maximum absolute atomic E-state index is 6.08. The van der Waals surface area contributed by atoms with Crippen LogP contribution in [0.2, 0.25) is 5.02 Å². The van der Waals surface area contributed by atoms with E-state index >= 15 is 0 Å². The molecule has 0 aliphatic carbocycles. The van der Waals surface area contributed by atoms with E-state index in [1.807, 2.05) is 19.1 Å². The minimum absolute atomic E-state index is 0.280. The summed E-state index contributed by atoms with van der Waals surface area (Å²) in [5, 5.41) is 0.786.